The monoisotopic (exact) mass is 203 g/mol. The molecule has 0 saturated heterocycles. The molecule has 0 spiro atoms. The minimum atomic E-state index is -0.728. The molecule has 84 valence electrons. The topological polar surface area (TPSA) is 69.6 Å². The lowest BCUT2D eigenvalue weighted by Crippen LogP contribution is -2.26. The normalized spacial score (nSPS) is 15.1. The molecule has 2 unspecified atom stereocenters. The number of aliphatic hydroxyl groups is 1. The maximum Gasteiger partial charge on any atom is 0.303 e. The molecule has 4 nitrogen and oxygen atoms in total. The molecule has 4 heteroatoms. The lowest BCUT2D eigenvalue weighted by atomic mass is 10.0. The van der Waals surface area contributed by atoms with E-state index in [1.807, 2.05) is 6.92 Å². The van der Waals surface area contributed by atoms with E-state index < -0.39 is 5.97 Å². The Morgan fingerprint density at radius 1 is 1.36 bits per heavy atom. The van der Waals surface area contributed by atoms with Gasteiger partial charge in [0.25, 0.3) is 0 Å². The molecular weight excluding hydrogens is 182 g/mol. The van der Waals surface area contributed by atoms with Crippen molar-refractivity contribution in [3.05, 3.63) is 0 Å². The minimum Gasteiger partial charge on any atom is -0.481 e. The van der Waals surface area contributed by atoms with Crippen molar-refractivity contribution in [3.63, 3.8) is 0 Å². The molecule has 0 aliphatic carbocycles. The van der Waals surface area contributed by atoms with Gasteiger partial charge in [0.1, 0.15) is 0 Å². The molecule has 0 bridgehead atoms. The second-order valence-corrected chi connectivity index (χ2v) is 3.88. The quantitative estimate of drug-likeness (QED) is 0.511. The first-order chi connectivity index (χ1) is 6.52. The summed E-state index contributed by atoms with van der Waals surface area (Å²) in [4.78, 5) is 10.3. The zero-order valence-electron chi connectivity index (χ0n) is 8.99. The van der Waals surface area contributed by atoms with Gasteiger partial charge in [0.15, 0.2) is 0 Å². The van der Waals surface area contributed by atoms with E-state index in [4.69, 9.17) is 10.2 Å². The number of hydrogen-bond donors (Lipinski definition) is 3. The predicted octanol–water partition coefficient (Wildman–Crippen LogP) is 0.848. The Labute approximate surface area is 85.3 Å². The van der Waals surface area contributed by atoms with Gasteiger partial charge in [-0.25, -0.2) is 0 Å². The molecule has 0 amide bonds. The van der Waals surface area contributed by atoms with Crippen LogP contribution in [0.3, 0.4) is 0 Å². The van der Waals surface area contributed by atoms with Crippen LogP contribution in [0.2, 0.25) is 0 Å². The molecule has 0 aromatic rings. The molecule has 0 saturated carbocycles. The summed E-state index contributed by atoms with van der Waals surface area (Å²) in [5.41, 5.74) is 0. The second kappa shape index (κ2) is 7.76. The summed E-state index contributed by atoms with van der Waals surface area (Å²) in [5, 5.41) is 20.5. The molecule has 0 aromatic heterocycles. The first kappa shape index (κ1) is 13.4. The molecule has 0 fully saturated rings. The predicted molar refractivity (Wildman–Crippen MR) is 55.2 cm³/mol. The van der Waals surface area contributed by atoms with E-state index >= 15 is 0 Å². The average Bonchev–Trinajstić information content (AvgIpc) is 2.08. The highest BCUT2D eigenvalue weighted by Gasteiger charge is 2.05. The summed E-state index contributed by atoms with van der Waals surface area (Å²) in [7, 11) is 0. The van der Waals surface area contributed by atoms with Gasteiger partial charge in [-0.1, -0.05) is 6.92 Å². The summed E-state index contributed by atoms with van der Waals surface area (Å²) in [6.45, 7) is 5.23. The molecule has 2 atom stereocenters. The molecule has 0 aliphatic rings. The molecule has 0 radical (unpaired) electrons. The van der Waals surface area contributed by atoms with Crippen LogP contribution in [0.5, 0.6) is 0 Å². The van der Waals surface area contributed by atoms with E-state index in [2.05, 4.69) is 5.32 Å². The van der Waals surface area contributed by atoms with Gasteiger partial charge < -0.3 is 15.5 Å². The molecule has 0 aromatic carbocycles. The fraction of sp³-hybridized carbons (Fsp3) is 0.900. The molecule has 0 rings (SSSR count). The van der Waals surface area contributed by atoms with Crippen molar-refractivity contribution < 1.29 is 15.0 Å². The maximum absolute atomic E-state index is 10.3. The van der Waals surface area contributed by atoms with Gasteiger partial charge in [0.05, 0.1) is 6.10 Å². The second-order valence-electron chi connectivity index (χ2n) is 3.88. The number of nitrogens with one attached hydrogen (secondary N) is 1. The fourth-order valence-corrected chi connectivity index (χ4v) is 1.17. The molecule has 0 aliphatic heterocycles. The highest BCUT2D eigenvalue weighted by molar-refractivity contribution is 5.66. The summed E-state index contributed by atoms with van der Waals surface area (Å²) >= 11 is 0. The zero-order chi connectivity index (χ0) is 11.0. The summed E-state index contributed by atoms with van der Waals surface area (Å²) in [6, 6.07) is 0. The SMILES string of the molecule is CC(O)CNCCC(C)CCC(=O)O. The van der Waals surface area contributed by atoms with E-state index in [0.29, 0.717) is 12.5 Å². The summed E-state index contributed by atoms with van der Waals surface area (Å²) < 4.78 is 0. The maximum atomic E-state index is 10.3. The highest BCUT2D eigenvalue weighted by atomic mass is 16.4. The van der Waals surface area contributed by atoms with Crippen LogP contribution >= 0.6 is 0 Å². The Hall–Kier alpha value is -0.610. The van der Waals surface area contributed by atoms with Crippen molar-refractivity contribution >= 4 is 5.97 Å². The molecule has 0 heterocycles. The van der Waals surface area contributed by atoms with Crippen LogP contribution in [0, 0.1) is 5.92 Å². The number of carboxylic acid groups (broad SMARTS) is 1. The van der Waals surface area contributed by atoms with Crippen LogP contribution in [0.1, 0.15) is 33.1 Å². The third kappa shape index (κ3) is 9.48. The summed E-state index contributed by atoms with van der Waals surface area (Å²) in [5.74, 6) is -0.304. The third-order valence-corrected chi connectivity index (χ3v) is 2.10. The number of carboxylic acids is 1. The van der Waals surface area contributed by atoms with E-state index in [1.165, 1.54) is 0 Å². The number of rotatable bonds is 8. The van der Waals surface area contributed by atoms with Gasteiger partial charge in [-0.2, -0.15) is 0 Å². The van der Waals surface area contributed by atoms with Crippen molar-refractivity contribution in [2.45, 2.75) is 39.2 Å². The highest BCUT2D eigenvalue weighted by Crippen LogP contribution is 2.08. The smallest absolute Gasteiger partial charge is 0.303 e. The minimum absolute atomic E-state index is 0.248. The first-order valence-corrected chi connectivity index (χ1v) is 5.13. The Balaban J connectivity index is 3.26. The van der Waals surface area contributed by atoms with Gasteiger partial charge in [0, 0.05) is 13.0 Å². The lowest BCUT2D eigenvalue weighted by Gasteiger charge is -2.11. The van der Waals surface area contributed by atoms with E-state index in [0.717, 1.165) is 19.4 Å². The van der Waals surface area contributed by atoms with Crippen LogP contribution in [-0.4, -0.2) is 35.4 Å². The number of carbonyl (C=O) groups is 1. The molecule has 14 heavy (non-hydrogen) atoms. The van der Waals surface area contributed by atoms with Crippen molar-refractivity contribution in [3.8, 4) is 0 Å². The zero-order valence-corrected chi connectivity index (χ0v) is 8.99. The van der Waals surface area contributed by atoms with E-state index in [1.54, 1.807) is 6.92 Å². The van der Waals surface area contributed by atoms with E-state index in [-0.39, 0.29) is 12.5 Å². The number of hydrogen-bond acceptors (Lipinski definition) is 3. The van der Waals surface area contributed by atoms with E-state index in [9.17, 15) is 4.79 Å². The van der Waals surface area contributed by atoms with Gasteiger partial charge in [-0.05, 0) is 32.2 Å². The Morgan fingerprint density at radius 2 is 2.00 bits per heavy atom. The number of aliphatic hydroxyl groups excluding tert-OH is 1. The number of aliphatic carboxylic acids is 1. The van der Waals surface area contributed by atoms with Crippen molar-refractivity contribution in [1.29, 1.82) is 0 Å². The van der Waals surface area contributed by atoms with Gasteiger partial charge in [-0.15, -0.1) is 0 Å². The van der Waals surface area contributed by atoms with Crippen molar-refractivity contribution in [1.82, 2.24) is 5.32 Å². The van der Waals surface area contributed by atoms with Crippen LogP contribution in [0.15, 0.2) is 0 Å². The average molecular weight is 203 g/mol. The van der Waals surface area contributed by atoms with Gasteiger partial charge in [0.2, 0.25) is 0 Å². The molecule has 3 N–H and O–H groups in total. The first-order valence-electron chi connectivity index (χ1n) is 5.13. The fourth-order valence-electron chi connectivity index (χ4n) is 1.17. The van der Waals surface area contributed by atoms with Crippen molar-refractivity contribution in [2.24, 2.45) is 5.92 Å². The Bertz CT molecular complexity index is 159. The van der Waals surface area contributed by atoms with Gasteiger partial charge >= 0.3 is 5.97 Å². The largest absolute Gasteiger partial charge is 0.481 e. The Kier molecular flexibility index (Phi) is 7.42. The Morgan fingerprint density at radius 3 is 2.50 bits per heavy atom. The van der Waals surface area contributed by atoms with Crippen molar-refractivity contribution in [2.75, 3.05) is 13.1 Å². The third-order valence-electron chi connectivity index (χ3n) is 2.10. The molecular formula is C10H21NO3. The van der Waals surface area contributed by atoms with Crippen LogP contribution in [0.25, 0.3) is 0 Å². The van der Waals surface area contributed by atoms with Crippen LogP contribution in [-0.2, 0) is 4.79 Å². The standard InChI is InChI=1S/C10H21NO3/c1-8(3-4-10(13)14)5-6-11-7-9(2)12/h8-9,11-12H,3-7H2,1-2H3,(H,13,14). The lowest BCUT2D eigenvalue weighted by molar-refractivity contribution is -0.137. The van der Waals surface area contributed by atoms with Gasteiger partial charge in [-0.3, -0.25) is 4.79 Å². The van der Waals surface area contributed by atoms with Crippen LogP contribution < -0.4 is 5.32 Å². The van der Waals surface area contributed by atoms with Crippen LogP contribution in [0.4, 0.5) is 0 Å². The summed E-state index contributed by atoms with van der Waals surface area (Å²) in [6.07, 6.45) is 1.62.